The number of carbonyl (C=O) groups excluding carboxylic acids is 1. The highest BCUT2D eigenvalue weighted by atomic mass is 35.5. The number of piperidine rings is 1. The first-order chi connectivity index (χ1) is 13.9. The third-order valence-electron chi connectivity index (χ3n) is 5.61. The lowest BCUT2D eigenvalue weighted by molar-refractivity contribution is -0.0758. The Hall–Kier alpha value is -2.28. The molecule has 3 rings (SSSR count). The monoisotopic (exact) mass is 433 g/mol. The van der Waals surface area contributed by atoms with E-state index in [0.717, 1.165) is 16.9 Å². The minimum absolute atomic E-state index is 0. The third-order valence-corrected chi connectivity index (χ3v) is 5.61. The van der Waals surface area contributed by atoms with Crippen molar-refractivity contribution in [3.63, 3.8) is 0 Å². The van der Waals surface area contributed by atoms with Gasteiger partial charge in [-0.05, 0) is 43.8 Å². The summed E-state index contributed by atoms with van der Waals surface area (Å²) in [5, 5.41) is 14.6. The van der Waals surface area contributed by atoms with E-state index in [4.69, 9.17) is 4.74 Å². The Morgan fingerprint density at radius 2 is 1.97 bits per heavy atom. The Morgan fingerprint density at radius 3 is 2.63 bits per heavy atom. The van der Waals surface area contributed by atoms with Gasteiger partial charge in [0.2, 0.25) is 0 Å². The number of rotatable bonds is 6. The summed E-state index contributed by atoms with van der Waals surface area (Å²) in [7, 11) is 5.60. The van der Waals surface area contributed by atoms with Gasteiger partial charge in [-0.3, -0.25) is 0 Å². The number of hydrogen-bond acceptors (Lipinski definition) is 4. The summed E-state index contributed by atoms with van der Waals surface area (Å²) in [5.74, 6) is 0.614. The molecule has 1 aliphatic heterocycles. The van der Waals surface area contributed by atoms with Gasteiger partial charge in [-0.1, -0.05) is 42.5 Å². The molecule has 2 amide bonds. The van der Waals surface area contributed by atoms with E-state index in [-0.39, 0.29) is 24.4 Å². The molecule has 6 nitrogen and oxygen atoms in total. The molecule has 0 aliphatic carbocycles. The Balaban J connectivity index is 0.00000320. The molecule has 7 heteroatoms. The van der Waals surface area contributed by atoms with Gasteiger partial charge in [0.05, 0.1) is 12.7 Å². The van der Waals surface area contributed by atoms with Crippen LogP contribution in [-0.4, -0.2) is 61.8 Å². The number of urea groups is 1. The second-order valence-electron chi connectivity index (χ2n) is 7.96. The van der Waals surface area contributed by atoms with E-state index in [1.807, 2.05) is 73.6 Å². The van der Waals surface area contributed by atoms with Crippen LogP contribution in [-0.2, 0) is 12.1 Å². The number of hydrogen-bond donors (Lipinski definition) is 2. The van der Waals surface area contributed by atoms with Crippen molar-refractivity contribution in [2.24, 2.45) is 5.92 Å². The molecule has 0 saturated carbocycles. The summed E-state index contributed by atoms with van der Waals surface area (Å²) in [6.07, 6.45) is 0.484. The number of carbonyl (C=O) groups is 1. The van der Waals surface area contributed by atoms with Crippen molar-refractivity contribution in [1.82, 2.24) is 15.1 Å². The lowest BCUT2D eigenvalue weighted by atomic mass is 9.75. The summed E-state index contributed by atoms with van der Waals surface area (Å²) in [5.41, 5.74) is 0.901. The zero-order chi connectivity index (χ0) is 20.9. The number of methoxy groups -OCH3 is 1. The molecule has 2 aromatic rings. The number of aliphatic hydroxyl groups is 1. The van der Waals surface area contributed by atoms with Crippen LogP contribution in [0, 0.1) is 5.92 Å². The first-order valence-electron chi connectivity index (χ1n) is 10.0. The maximum absolute atomic E-state index is 12.8. The molecule has 0 aromatic heterocycles. The lowest BCUT2D eigenvalue weighted by Gasteiger charge is -2.45. The SMILES string of the molecule is COc1cccc(C2(O)CCN(C(=O)NCc3ccccc3)CC2CN(C)C)c1.Cl. The number of amides is 2. The lowest BCUT2D eigenvalue weighted by Crippen LogP contribution is -2.56. The molecule has 1 heterocycles. The normalized spacial score (nSPS) is 21.1. The number of nitrogens with one attached hydrogen (secondary N) is 1. The van der Waals surface area contributed by atoms with Gasteiger partial charge >= 0.3 is 6.03 Å². The molecule has 2 atom stereocenters. The topological polar surface area (TPSA) is 65.0 Å². The van der Waals surface area contributed by atoms with Crippen molar-refractivity contribution >= 4 is 18.4 Å². The van der Waals surface area contributed by atoms with Crippen LogP contribution < -0.4 is 10.1 Å². The maximum Gasteiger partial charge on any atom is 0.317 e. The molecule has 164 valence electrons. The molecule has 0 bridgehead atoms. The molecule has 1 aliphatic rings. The van der Waals surface area contributed by atoms with E-state index in [1.54, 1.807) is 7.11 Å². The minimum atomic E-state index is -1.00. The summed E-state index contributed by atoms with van der Waals surface area (Å²) < 4.78 is 5.34. The fraction of sp³-hybridized carbons (Fsp3) is 0.435. The maximum atomic E-state index is 12.8. The van der Waals surface area contributed by atoms with Gasteiger partial charge in [0.15, 0.2) is 0 Å². The Labute approximate surface area is 185 Å². The molecule has 2 N–H and O–H groups in total. The number of ether oxygens (including phenoxy) is 1. The van der Waals surface area contributed by atoms with Crippen LogP contribution in [0.4, 0.5) is 4.79 Å². The predicted octanol–water partition coefficient (Wildman–Crippen LogP) is 3.10. The number of nitrogens with zero attached hydrogens (tertiary/aromatic N) is 2. The molecule has 2 unspecified atom stereocenters. The molecule has 0 radical (unpaired) electrons. The smallest absolute Gasteiger partial charge is 0.317 e. The highest BCUT2D eigenvalue weighted by Gasteiger charge is 2.44. The van der Waals surface area contributed by atoms with Gasteiger partial charge in [0, 0.05) is 32.1 Å². The summed E-state index contributed by atoms with van der Waals surface area (Å²) in [6, 6.07) is 17.4. The van der Waals surface area contributed by atoms with E-state index < -0.39 is 5.60 Å². The molecule has 0 spiro atoms. The van der Waals surface area contributed by atoms with Crippen LogP contribution in [0.25, 0.3) is 0 Å². The summed E-state index contributed by atoms with van der Waals surface area (Å²) >= 11 is 0. The Morgan fingerprint density at radius 1 is 1.23 bits per heavy atom. The van der Waals surface area contributed by atoms with Crippen LogP contribution in [0.2, 0.25) is 0 Å². The third kappa shape index (κ3) is 5.65. The van der Waals surface area contributed by atoms with Crippen LogP contribution in [0.1, 0.15) is 17.5 Å². The second kappa shape index (κ2) is 10.7. The molecular weight excluding hydrogens is 402 g/mol. The van der Waals surface area contributed by atoms with Gasteiger partial charge in [-0.25, -0.2) is 4.79 Å². The van der Waals surface area contributed by atoms with Crippen molar-refractivity contribution in [3.8, 4) is 5.75 Å². The quantitative estimate of drug-likeness (QED) is 0.734. The van der Waals surface area contributed by atoms with E-state index in [1.165, 1.54) is 0 Å². The minimum Gasteiger partial charge on any atom is -0.497 e. The molecule has 30 heavy (non-hydrogen) atoms. The molecule has 1 fully saturated rings. The first-order valence-corrected chi connectivity index (χ1v) is 10.0. The van der Waals surface area contributed by atoms with Crippen molar-refractivity contribution in [2.45, 2.75) is 18.6 Å². The molecular formula is C23H32ClN3O3. The average molecular weight is 434 g/mol. The zero-order valence-corrected chi connectivity index (χ0v) is 18.7. The van der Waals surface area contributed by atoms with Gasteiger partial charge in [-0.2, -0.15) is 0 Å². The van der Waals surface area contributed by atoms with Gasteiger partial charge in [0.1, 0.15) is 5.75 Å². The van der Waals surface area contributed by atoms with E-state index in [0.29, 0.717) is 32.6 Å². The number of benzene rings is 2. The summed E-state index contributed by atoms with van der Waals surface area (Å²) in [4.78, 5) is 16.6. The molecule has 2 aromatic carbocycles. The van der Waals surface area contributed by atoms with Crippen molar-refractivity contribution in [2.75, 3.05) is 40.8 Å². The fourth-order valence-corrected chi connectivity index (χ4v) is 4.01. The highest BCUT2D eigenvalue weighted by molar-refractivity contribution is 5.85. The fourth-order valence-electron chi connectivity index (χ4n) is 4.01. The highest BCUT2D eigenvalue weighted by Crippen LogP contribution is 2.39. The first kappa shape index (κ1) is 24.0. The van der Waals surface area contributed by atoms with Gasteiger partial charge in [-0.15, -0.1) is 12.4 Å². The van der Waals surface area contributed by atoms with Crippen LogP contribution in [0.15, 0.2) is 54.6 Å². The average Bonchev–Trinajstić information content (AvgIpc) is 2.74. The van der Waals surface area contributed by atoms with Crippen LogP contribution in [0.3, 0.4) is 0 Å². The van der Waals surface area contributed by atoms with Crippen molar-refractivity contribution < 1.29 is 14.6 Å². The standard InChI is InChI=1S/C23H31N3O3.ClH/c1-25(2)16-20-17-26(22(27)24-15-18-8-5-4-6-9-18)13-12-23(20,28)19-10-7-11-21(14-19)29-3;/h4-11,14,20,28H,12-13,15-17H2,1-3H3,(H,24,27);1H. The van der Waals surface area contributed by atoms with Crippen molar-refractivity contribution in [3.05, 3.63) is 65.7 Å². The summed E-state index contributed by atoms with van der Waals surface area (Å²) in [6.45, 7) is 2.16. The van der Waals surface area contributed by atoms with Crippen LogP contribution in [0.5, 0.6) is 5.75 Å². The van der Waals surface area contributed by atoms with E-state index >= 15 is 0 Å². The number of halogens is 1. The molecule has 1 saturated heterocycles. The van der Waals surface area contributed by atoms with Crippen LogP contribution >= 0.6 is 12.4 Å². The van der Waals surface area contributed by atoms with Gasteiger partial charge in [0.25, 0.3) is 0 Å². The largest absolute Gasteiger partial charge is 0.497 e. The predicted molar refractivity (Wildman–Crippen MR) is 121 cm³/mol. The van der Waals surface area contributed by atoms with E-state index in [9.17, 15) is 9.90 Å². The zero-order valence-electron chi connectivity index (χ0n) is 17.9. The Kier molecular flexibility index (Phi) is 8.53. The number of likely N-dealkylation sites (tertiary alicyclic amines) is 1. The van der Waals surface area contributed by atoms with Crippen molar-refractivity contribution in [1.29, 1.82) is 0 Å². The van der Waals surface area contributed by atoms with Gasteiger partial charge < -0.3 is 25.0 Å². The van der Waals surface area contributed by atoms with E-state index in [2.05, 4.69) is 10.2 Å². The Bertz CT molecular complexity index is 818. The second-order valence-corrected chi connectivity index (χ2v) is 7.96.